The van der Waals surface area contributed by atoms with E-state index in [2.05, 4.69) is 17.2 Å². The number of hydrogen-bond acceptors (Lipinski definition) is 3. The van der Waals surface area contributed by atoms with Gasteiger partial charge in [0, 0.05) is 5.56 Å². The average molecular weight is 203 g/mol. The Morgan fingerprint density at radius 1 is 1.27 bits per heavy atom. The van der Waals surface area contributed by atoms with Crippen LogP contribution < -0.4 is 4.84 Å². The largest absolute Gasteiger partial charge is 0.395 e. The van der Waals surface area contributed by atoms with Crippen molar-refractivity contribution in [2.75, 3.05) is 6.61 Å². The second kappa shape index (κ2) is 4.59. The molecule has 15 heavy (non-hydrogen) atoms. The van der Waals surface area contributed by atoms with Gasteiger partial charge in [-0.25, -0.2) is 0 Å². The fourth-order valence-corrected chi connectivity index (χ4v) is 1.29. The lowest BCUT2D eigenvalue weighted by Crippen LogP contribution is -2.15. The highest BCUT2D eigenvalue weighted by molar-refractivity contribution is 5.57. The lowest BCUT2D eigenvalue weighted by atomic mass is 10.2. The monoisotopic (exact) mass is 203 g/mol. The van der Waals surface area contributed by atoms with E-state index in [-0.39, 0.29) is 0 Å². The molecule has 0 unspecified atom stereocenters. The van der Waals surface area contributed by atoms with E-state index in [9.17, 15) is 0 Å². The highest BCUT2D eigenvalue weighted by Crippen LogP contribution is 2.15. The predicted molar refractivity (Wildman–Crippen MR) is 57.2 cm³/mol. The first kappa shape index (κ1) is 9.71. The summed E-state index contributed by atoms with van der Waals surface area (Å²) in [6, 6.07) is 9.94. The molecule has 4 heteroatoms. The average Bonchev–Trinajstić information content (AvgIpc) is 2.75. The van der Waals surface area contributed by atoms with E-state index in [0.717, 1.165) is 17.7 Å². The van der Waals surface area contributed by atoms with Crippen LogP contribution in [-0.2, 0) is 0 Å². The maximum Gasteiger partial charge on any atom is 0.130 e. The molecule has 0 atom stereocenters. The number of benzene rings is 1. The minimum absolute atomic E-state index is 0.642. The van der Waals surface area contributed by atoms with E-state index in [4.69, 9.17) is 4.84 Å². The van der Waals surface area contributed by atoms with Crippen molar-refractivity contribution in [1.29, 1.82) is 0 Å². The zero-order valence-corrected chi connectivity index (χ0v) is 8.63. The fraction of sp³-hybridized carbons (Fsp3) is 0.273. The molecule has 0 spiro atoms. The van der Waals surface area contributed by atoms with Gasteiger partial charge in [-0.2, -0.15) is 0 Å². The second-order valence-electron chi connectivity index (χ2n) is 3.19. The van der Waals surface area contributed by atoms with Crippen LogP contribution in [0.4, 0.5) is 0 Å². The van der Waals surface area contributed by atoms with Crippen LogP contribution in [0.2, 0.25) is 0 Å². The third-order valence-electron chi connectivity index (χ3n) is 2.01. The Balaban J connectivity index is 2.25. The standard InChI is InChI=1S/C11H13N3O/c1-2-8-15-14-11(9-12-13-14)10-6-4-3-5-7-10/h3-7,9H,2,8H2,1H3. The normalized spacial score (nSPS) is 10.2. The van der Waals surface area contributed by atoms with Crippen molar-refractivity contribution in [3.8, 4) is 11.3 Å². The number of aromatic nitrogens is 3. The summed E-state index contributed by atoms with van der Waals surface area (Å²) < 4.78 is 0. The van der Waals surface area contributed by atoms with Gasteiger partial charge in [0.15, 0.2) is 0 Å². The maximum atomic E-state index is 5.42. The summed E-state index contributed by atoms with van der Waals surface area (Å²) in [5.74, 6) is 0. The summed E-state index contributed by atoms with van der Waals surface area (Å²) in [5.41, 5.74) is 1.93. The second-order valence-corrected chi connectivity index (χ2v) is 3.19. The maximum absolute atomic E-state index is 5.42. The fourth-order valence-electron chi connectivity index (χ4n) is 1.29. The summed E-state index contributed by atoms with van der Waals surface area (Å²) in [6.07, 6.45) is 2.65. The molecule has 0 saturated heterocycles. The van der Waals surface area contributed by atoms with Gasteiger partial charge < -0.3 is 4.84 Å². The van der Waals surface area contributed by atoms with Gasteiger partial charge in [0.05, 0.1) is 6.20 Å². The number of rotatable bonds is 4. The zero-order valence-electron chi connectivity index (χ0n) is 8.63. The quantitative estimate of drug-likeness (QED) is 0.760. The van der Waals surface area contributed by atoms with Crippen LogP contribution in [0.25, 0.3) is 11.3 Å². The summed E-state index contributed by atoms with van der Waals surface area (Å²) in [6.45, 7) is 2.70. The topological polar surface area (TPSA) is 39.9 Å². The van der Waals surface area contributed by atoms with E-state index in [1.807, 2.05) is 30.3 Å². The lowest BCUT2D eigenvalue weighted by Gasteiger charge is -2.06. The van der Waals surface area contributed by atoms with E-state index >= 15 is 0 Å². The highest BCUT2D eigenvalue weighted by Gasteiger charge is 2.06. The molecule has 2 rings (SSSR count). The summed E-state index contributed by atoms with van der Waals surface area (Å²) in [4.78, 5) is 6.89. The minimum atomic E-state index is 0.642. The molecular weight excluding hydrogens is 190 g/mol. The molecule has 0 aliphatic carbocycles. The van der Waals surface area contributed by atoms with E-state index < -0.39 is 0 Å². The van der Waals surface area contributed by atoms with Crippen molar-refractivity contribution in [1.82, 2.24) is 15.2 Å². The number of hydrogen-bond donors (Lipinski definition) is 0. The molecule has 0 radical (unpaired) electrons. The van der Waals surface area contributed by atoms with Gasteiger partial charge in [-0.05, 0) is 11.6 Å². The van der Waals surface area contributed by atoms with Gasteiger partial charge in [-0.3, -0.25) is 0 Å². The van der Waals surface area contributed by atoms with Crippen molar-refractivity contribution in [3.63, 3.8) is 0 Å². The van der Waals surface area contributed by atoms with E-state index in [1.165, 1.54) is 4.85 Å². The Kier molecular flexibility index (Phi) is 2.97. The Bertz CT molecular complexity index is 411. The molecule has 0 amide bonds. The predicted octanol–water partition coefficient (Wildman–Crippen LogP) is 1.78. The van der Waals surface area contributed by atoms with E-state index in [1.54, 1.807) is 6.20 Å². The summed E-state index contributed by atoms with van der Waals surface area (Å²) >= 11 is 0. The molecule has 0 aliphatic rings. The summed E-state index contributed by atoms with van der Waals surface area (Å²) in [5, 5.41) is 7.71. The van der Waals surface area contributed by atoms with Crippen molar-refractivity contribution in [2.45, 2.75) is 13.3 Å². The van der Waals surface area contributed by atoms with Crippen LogP contribution in [0, 0.1) is 0 Å². The molecule has 0 aliphatic heterocycles. The third-order valence-corrected chi connectivity index (χ3v) is 2.01. The smallest absolute Gasteiger partial charge is 0.130 e. The van der Waals surface area contributed by atoms with Crippen molar-refractivity contribution in [2.24, 2.45) is 0 Å². The molecule has 1 aromatic heterocycles. The first-order valence-corrected chi connectivity index (χ1v) is 5.01. The van der Waals surface area contributed by atoms with Crippen molar-refractivity contribution in [3.05, 3.63) is 36.5 Å². The van der Waals surface area contributed by atoms with Crippen LogP contribution in [-0.4, -0.2) is 21.8 Å². The first-order chi connectivity index (χ1) is 7.42. The SMILES string of the molecule is CCCOn1nncc1-c1ccccc1. The molecule has 1 heterocycles. The van der Waals surface area contributed by atoms with Crippen molar-refractivity contribution >= 4 is 0 Å². The molecular formula is C11H13N3O. The first-order valence-electron chi connectivity index (χ1n) is 5.01. The molecule has 4 nitrogen and oxygen atoms in total. The third kappa shape index (κ3) is 2.15. The van der Waals surface area contributed by atoms with Gasteiger partial charge in [-0.15, -0.1) is 5.10 Å². The van der Waals surface area contributed by atoms with Crippen molar-refractivity contribution < 1.29 is 4.84 Å². The van der Waals surface area contributed by atoms with Gasteiger partial charge in [0.2, 0.25) is 0 Å². The lowest BCUT2D eigenvalue weighted by molar-refractivity contribution is 0.0823. The summed E-state index contributed by atoms with van der Waals surface area (Å²) in [7, 11) is 0. The highest BCUT2D eigenvalue weighted by atomic mass is 16.7. The van der Waals surface area contributed by atoms with Gasteiger partial charge in [0.1, 0.15) is 12.3 Å². The Labute approximate surface area is 88.4 Å². The molecule has 0 fully saturated rings. The van der Waals surface area contributed by atoms with Gasteiger partial charge in [0.25, 0.3) is 0 Å². The van der Waals surface area contributed by atoms with Crippen LogP contribution in [0.3, 0.4) is 0 Å². The number of nitrogens with zero attached hydrogens (tertiary/aromatic N) is 3. The Morgan fingerprint density at radius 2 is 2.07 bits per heavy atom. The zero-order chi connectivity index (χ0) is 10.5. The van der Waals surface area contributed by atoms with Gasteiger partial charge in [-0.1, -0.05) is 42.1 Å². The van der Waals surface area contributed by atoms with Gasteiger partial charge >= 0.3 is 0 Å². The molecule has 0 saturated carbocycles. The Hall–Kier alpha value is -1.84. The Morgan fingerprint density at radius 3 is 2.80 bits per heavy atom. The van der Waals surface area contributed by atoms with E-state index in [0.29, 0.717) is 6.61 Å². The van der Waals surface area contributed by atoms with Crippen LogP contribution >= 0.6 is 0 Å². The van der Waals surface area contributed by atoms with Crippen LogP contribution in [0.1, 0.15) is 13.3 Å². The molecule has 2 aromatic rings. The minimum Gasteiger partial charge on any atom is -0.395 e. The molecule has 78 valence electrons. The van der Waals surface area contributed by atoms with Crippen LogP contribution in [0.15, 0.2) is 36.5 Å². The molecule has 0 N–H and O–H groups in total. The molecule has 0 bridgehead atoms. The van der Waals surface area contributed by atoms with Crippen LogP contribution in [0.5, 0.6) is 0 Å². The molecule has 1 aromatic carbocycles.